The van der Waals surface area contributed by atoms with Gasteiger partial charge >= 0.3 is 0 Å². The first kappa shape index (κ1) is 13.1. The van der Waals surface area contributed by atoms with Gasteiger partial charge < -0.3 is 0 Å². The molecule has 1 amide bonds. The summed E-state index contributed by atoms with van der Waals surface area (Å²) in [7, 11) is 0. The normalized spacial score (nSPS) is 16.8. The van der Waals surface area contributed by atoms with Gasteiger partial charge in [0.15, 0.2) is 0 Å². The molecule has 3 nitrogen and oxygen atoms in total. The molecule has 0 atom stereocenters. The number of carbonyl (C=O) groups is 1. The summed E-state index contributed by atoms with van der Waals surface area (Å²) in [6.07, 6.45) is 3.57. The molecule has 0 spiro atoms. The Morgan fingerprint density at radius 2 is 1.88 bits per heavy atom. The second-order valence-electron chi connectivity index (χ2n) is 4.11. The molecule has 1 aromatic rings. The summed E-state index contributed by atoms with van der Waals surface area (Å²) in [5.41, 5.74) is 3.61. The number of nitrogens with one attached hydrogen (secondary N) is 1. The van der Waals surface area contributed by atoms with Crippen molar-refractivity contribution in [2.24, 2.45) is 0 Å². The van der Waals surface area contributed by atoms with Crippen molar-refractivity contribution in [2.45, 2.75) is 19.3 Å². The average molecular weight is 362 g/mol. The molecule has 1 aliphatic heterocycles. The van der Waals surface area contributed by atoms with E-state index < -0.39 is 0 Å². The SMILES string of the molecule is O=C(NN1CCCCC1)c1ccc(Br)cc1Br. The fourth-order valence-electron chi connectivity index (χ4n) is 1.88. The number of hydrogen-bond donors (Lipinski definition) is 1. The highest BCUT2D eigenvalue weighted by Crippen LogP contribution is 2.22. The maximum Gasteiger partial charge on any atom is 0.266 e. The summed E-state index contributed by atoms with van der Waals surface area (Å²) >= 11 is 6.77. The fraction of sp³-hybridized carbons (Fsp3) is 0.417. The maximum absolute atomic E-state index is 12.0. The Hall–Kier alpha value is -0.390. The smallest absolute Gasteiger partial charge is 0.266 e. The van der Waals surface area contributed by atoms with Gasteiger partial charge in [-0.25, -0.2) is 5.01 Å². The number of halogens is 2. The summed E-state index contributed by atoms with van der Waals surface area (Å²) in [6, 6.07) is 5.56. The van der Waals surface area contributed by atoms with Crippen molar-refractivity contribution in [1.82, 2.24) is 10.4 Å². The monoisotopic (exact) mass is 360 g/mol. The highest BCUT2D eigenvalue weighted by atomic mass is 79.9. The molecule has 0 radical (unpaired) electrons. The first-order valence-corrected chi connectivity index (χ1v) is 7.26. The van der Waals surface area contributed by atoms with Crippen LogP contribution in [0.4, 0.5) is 0 Å². The minimum Gasteiger partial charge on any atom is -0.285 e. The van der Waals surface area contributed by atoms with Crippen molar-refractivity contribution in [3.05, 3.63) is 32.7 Å². The van der Waals surface area contributed by atoms with Gasteiger partial charge in [0, 0.05) is 22.0 Å². The lowest BCUT2D eigenvalue weighted by molar-refractivity contribution is 0.0749. The van der Waals surface area contributed by atoms with E-state index in [1.165, 1.54) is 6.42 Å². The third-order valence-electron chi connectivity index (χ3n) is 2.79. The Bertz CT molecular complexity index is 417. The van der Waals surface area contributed by atoms with Gasteiger partial charge in [-0.15, -0.1) is 0 Å². The summed E-state index contributed by atoms with van der Waals surface area (Å²) in [6.45, 7) is 1.89. The van der Waals surface area contributed by atoms with Gasteiger partial charge in [0.1, 0.15) is 0 Å². The van der Waals surface area contributed by atoms with Gasteiger partial charge in [0.05, 0.1) is 5.56 Å². The zero-order valence-corrected chi connectivity index (χ0v) is 12.6. The van der Waals surface area contributed by atoms with Crippen molar-refractivity contribution >= 4 is 37.8 Å². The van der Waals surface area contributed by atoms with Crippen LogP contribution >= 0.6 is 31.9 Å². The van der Waals surface area contributed by atoms with Crippen LogP contribution < -0.4 is 5.43 Å². The Morgan fingerprint density at radius 1 is 1.18 bits per heavy atom. The van der Waals surface area contributed by atoms with Gasteiger partial charge in [-0.1, -0.05) is 22.4 Å². The van der Waals surface area contributed by atoms with Crippen molar-refractivity contribution < 1.29 is 4.79 Å². The lowest BCUT2D eigenvalue weighted by atomic mass is 10.1. The number of piperidine rings is 1. The summed E-state index contributed by atoms with van der Waals surface area (Å²) in [5.74, 6) is -0.0497. The van der Waals surface area contributed by atoms with Gasteiger partial charge in [-0.05, 0) is 47.0 Å². The lowest BCUT2D eigenvalue weighted by Crippen LogP contribution is -2.45. The third-order valence-corrected chi connectivity index (χ3v) is 3.94. The number of hydrazine groups is 1. The molecule has 1 saturated heterocycles. The van der Waals surface area contributed by atoms with E-state index in [2.05, 4.69) is 37.3 Å². The van der Waals surface area contributed by atoms with E-state index in [-0.39, 0.29) is 5.91 Å². The number of nitrogens with zero attached hydrogens (tertiary/aromatic N) is 1. The number of rotatable bonds is 2. The van der Waals surface area contributed by atoms with Gasteiger partial charge in [-0.3, -0.25) is 10.2 Å². The zero-order valence-electron chi connectivity index (χ0n) is 9.38. The van der Waals surface area contributed by atoms with Crippen molar-refractivity contribution in [3.8, 4) is 0 Å². The quantitative estimate of drug-likeness (QED) is 0.876. The van der Waals surface area contributed by atoms with Crippen LogP contribution in [0.25, 0.3) is 0 Å². The number of carbonyl (C=O) groups excluding carboxylic acids is 1. The first-order chi connectivity index (χ1) is 8.16. The molecule has 0 aromatic heterocycles. The Morgan fingerprint density at radius 3 is 2.53 bits per heavy atom. The summed E-state index contributed by atoms with van der Waals surface area (Å²) in [5, 5.41) is 2.00. The second kappa shape index (κ2) is 5.98. The van der Waals surface area contributed by atoms with Crippen LogP contribution in [0.3, 0.4) is 0 Å². The van der Waals surface area contributed by atoms with Crippen molar-refractivity contribution in [1.29, 1.82) is 0 Å². The topological polar surface area (TPSA) is 32.3 Å². The van der Waals surface area contributed by atoms with E-state index in [4.69, 9.17) is 0 Å². The highest BCUT2D eigenvalue weighted by Gasteiger charge is 2.15. The molecular weight excluding hydrogens is 348 g/mol. The van der Waals surface area contributed by atoms with Gasteiger partial charge in [-0.2, -0.15) is 0 Å². The van der Waals surface area contributed by atoms with Crippen LogP contribution in [0.5, 0.6) is 0 Å². The molecular formula is C12H14Br2N2O. The van der Waals surface area contributed by atoms with Crippen LogP contribution in [0, 0.1) is 0 Å². The molecule has 2 rings (SSSR count). The predicted octanol–water partition coefficient (Wildman–Crippen LogP) is 3.34. The van der Waals surface area contributed by atoms with Gasteiger partial charge in [0.25, 0.3) is 5.91 Å². The van der Waals surface area contributed by atoms with Crippen LogP contribution in [0.1, 0.15) is 29.6 Å². The van der Waals surface area contributed by atoms with Gasteiger partial charge in [0.2, 0.25) is 0 Å². The second-order valence-corrected chi connectivity index (χ2v) is 5.88. The fourth-order valence-corrected chi connectivity index (χ4v) is 3.11. The van der Waals surface area contributed by atoms with Crippen LogP contribution in [0.15, 0.2) is 27.1 Å². The third kappa shape index (κ3) is 3.53. The molecule has 1 N–H and O–H groups in total. The minimum atomic E-state index is -0.0497. The molecule has 1 heterocycles. The molecule has 1 aromatic carbocycles. The average Bonchev–Trinajstić information content (AvgIpc) is 2.30. The van der Waals surface area contributed by atoms with Crippen LogP contribution in [-0.2, 0) is 0 Å². The zero-order chi connectivity index (χ0) is 12.3. The molecule has 0 unspecified atom stereocenters. The molecule has 0 aliphatic carbocycles. The van der Waals surface area contributed by atoms with E-state index in [0.717, 1.165) is 34.9 Å². The standard InChI is InChI=1S/C12H14Br2N2O/c13-9-4-5-10(11(14)8-9)12(17)15-16-6-2-1-3-7-16/h4-5,8H,1-3,6-7H2,(H,15,17). The highest BCUT2D eigenvalue weighted by molar-refractivity contribution is 9.11. The molecule has 1 aliphatic rings. The van der Waals surface area contributed by atoms with Crippen molar-refractivity contribution in [3.63, 3.8) is 0 Å². The van der Waals surface area contributed by atoms with E-state index >= 15 is 0 Å². The largest absolute Gasteiger partial charge is 0.285 e. The van der Waals surface area contributed by atoms with Crippen LogP contribution in [0.2, 0.25) is 0 Å². The lowest BCUT2D eigenvalue weighted by Gasteiger charge is -2.26. The van der Waals surface area contributed by atoms with E-state index in [1.807, 2.05) is 23.2 Å². The first-order valence-electron chi connectivity index (χ1n) is 5.68. The summed E-state index contributed by atoms with van der Waals surface area (Å²) < 4.78 is 1.76. The predicted molar refractivity (Wildman–Crippen MR) is 74.7 cm³/mol. The minimum absolute atomic E-state index is 0.0497. The molecule has 92 valence electrons. The Kier molecular flexibility index (Phi) is 4.59. The molecule has 1 fully saturated rings. The van der Waals surface area contributed by atoms with E-state index in [0.29, 0.717) is 5.56 Å². The number of benzene rings is 1. The maximum atomic E-state index is 12.0. The molecule has 5 heteroatoms. The molecule has 17 heavy (non-hydrogen) atoms. The molecule has 0 bridgehead atoms. The molecule has 0 saturated carbocycles. The Labute approximate surface area is 118 Å². The van der Waals surface area contributed by atoms with Crippen LogP contribution in [-0.4, -0.2) is 24.0 Å². The summed E-state index contributed by atoms with van der Waals surface area (Å²) in [4.78, 5) is 12.0. The van der Waals surface area contributed by atoms with E-state index in [9.17, 15) is 4.79 Å². The number of amides is 1. The Balaban J connectivity index is 2.03. The van der Waals surface area contributed by atoms with E-state index in [1.54, 1.807) is 0 Å². The number of hydrogen-bond acceptors (Lipinski definition) is 2. The van der Waals surface area contributed by atoms with Crippen molar-refractivity contribution in [2.75, 3.05) is 13.1 Å².